The second-order valence-electron chi connectivity index (χ2n) is 4.77. The molecule has 1 aromatic rings. The fraction of sp³-hybridized carbons (Fsp3) is 0.500. The van der Waals surface area contributed by atoms with Crippen LogP contribution >= 0.6 is 0 Å². The zero-order chi connectivity index (χ0) is 11.7. The molecular weight excluding hydrogens is 216 g/mol. The lowest BCUT2D eigenvalue weighted by atomic mass is 9.96. The number of rotatable bonds is 1. The van der Waals surface area contributed by atoms with Crippen molar-refractivity contribution in [2.45, 2.75) is 31.6 Å². The third kappa shape index (κ3) is 2.02. The fourth-order valence-electron chi connectivity index (χ4n) is 2.71. The van der Waals surface area contributed by atoms with Gasteiger partial charge in [-0.05, 0) is 24.8 Å². The summed E-state index contributed by atoms with van der Waals surface area (Å²) in [6, 6.07) is 5.98. The molecule has 2 aliphatic rings. The molecule has 1 fully saturated rings. The van der Waals surface area contributed by atoms with Gasteiger partial charge in [0, 0.05) is 5.56 Å². The number of hydrogen-bond donors (Lipinski definition) is 0. The van der Waals surface area contributed by atoms with Crippen molar-refractivity contribution >= 4 is 5.78 Å². The normalized spacial score (nSPS) is 20.4. The number of para-hydroxylation sites is 1. The average Bonchev–Trinajstić information content (AvgIpc) is 2.81. The van der Waals surface area contributed by atoms with E-state index in [0.29, 0.717) is 5.92 Å². The van der Waals surface area contributed by atoms with Crippen molar-refractivity contribution in [3.8, 4) is 11.5 Å². The van der Waals surface area contributed by atoms with Gasteiger partial charge < -0.3 is 9.47 Å². The van der Waals surface area contributed by atoms with Gasteiger partial charge >= 0.3 is 0 Å². The second kappa shape index (κ2) is 4.40. The summed E-state index contributed by atoms with van der Waals surface area (Å²) in [6.45, 7) is 0.262. The summed E-state index contributed by atoms with van der Waals surface area (Å²) in [5.74, 6) is 2.09. The van der Waals surface area contributed by atoms with Crippen molar-refractivity contribution in [2.75, 3.05) is 13.2 Å². The summed E-state index contributed by atoms with van der Waals surface area (Å²) in [7, 11) is 0. The van der Waals surface area contributed by atoms with Crippen LogP contribution in [0.2, 0.25) is 0 Å². The summed E-state index contributed by atoms with van der Waals surface area (Å²) in [4.78, 5) is 11.3. The third-order valence-corrected chi connectivity index (χ3v) is 3.57. The van der Waals surface area contributed by atoms with E-state index in [1.807, 2.05) is 12.1 Å². The topological polar surface area (TPSA) is 35.5 Å². The van der Waals surface area contributed by atoms with Gasteiger partial charge in [-0.15, -0.1) is 0 Å². The summed E-state index contributed by atoms with van der Waals surface area (Å²) in [6.07, 6.45) is 5.00. The Kier molecular flexibility index (Phi) is 2.75. The number of ketones is 1. The van der Waals surface area contributed by atoms with Gasteiger partial charge in [-0.25, -0.2) is 0 Å². The van der Waals surface area contributed by atoms with Crippen LogP contribution in [-0.4, -0.2) is 19.0 Å². The van der Waals surface area contributed by atoms with Crippen LogP contribution in [0.15, 0.2) is 18.2 Å². The van der Waals surface area contributed by atoms with E-state index in [4.69, 9.17) is 9.47 Å². The van der Waals surface area contributed by atoms with Gasteiger partial charge in [-0.3, -0.25) is 4.79 Å². The number of carbonyl (C=O) groups excluding carboxylic acids is 1. The molecule has 3 nitrogen and oxygen atoms in total. The van der Waals surface area contributed by atoms with E-state index in [1.165, 1.54) is 31.2 Å². The first-order valence-electron chi connectivity index (χ1n) is 6.25. The van der Waals surface area contributed by atoms with Gasteiger partial charge in [0.05, 0.1) is 0 Å². The Balaban J connectivity index is 1.97. The molecule has 1 aliphatic carbocycles. The van der Waals surface area contributed by atoms with Crippen LogP contribution in [0.25, 0.3) is 0 Å². The van der Waals surface area contributed by atoms with Crippen LogP contribution in [0.3, 0.4) is 0 Å². The minimum atomic E-state index is -0.00132. The van der Waals surface area contributed by atoms with Crippen LogP contribution in [-0.2, 0) is 4.79 Å². The monoisotopic (exact) mass is 232 g/mol. The average molecular weight is 232 g/mol. The van der Waals surface area contributed by atoms with Crippen molar-refractivity contribution in [3.05, 3.63) is 23.8 Å². The minimum absolute atomic E-state index is 0.00132. The van der Waals surface area contributed by atoms with E-state index >= 15 is 0 Å². The maximum Gasteiger partial charge on any atom is 0.207 e. The van der Waals surface area contributed by atoms with Gasteiger partial charge in [0.2, 0.25) is 5.78 Å². The SMILES string of the molecule is O=C1COc2cccc(C3CCCC3)c2OC1. The highest BCUT2D eigenvalue weighted by Crippen LogP contribution is 2.43. The van der Waals surface area contributed by atoms with E-state index in [2.05, 4.69) is 6.07 Å². The zero-order valence-corrected chi connectivity index (χ0v) is 9.78. The van der Waals surface area contributed by atoms with Crippen molar-refractivity contribution in [1.29, 1.82) is 0 Å². The maximum atomic E-state index is 11.3. The number of Topliss-reactive ketones (excluding diaryl/α,β-unsaturated/α-hetero) is 1. The summed E-state index contributed by atoms with van der Waals surface area (Å²) in [5, 5.41) is 0. The van der Waals surface area contributed by atoms with Gasteiger partial charge in [0.15, 0.2) is 24.7 Å². The van der Waals surface area contributed by atoms with Crippen LogP contribution in [0.4, 0.5) is 0 Å². The van der Waals surface area contributed by atoms with Crippen LogP contribution < -0.4 is 9.47 Å². The van der Waals surface area contributed by atoms with Crippen molar-refractivity contribution < 1.29 is 14.3 Å². The smallest absolute Gasteiger partial charge is 0.207 e. The third-order valence-electron chi connectivity index (χ3n) is 3.57. The van der Waals surface area contributed by atoms with Crippen LogP contribution in [0, 0.1) is 0 Å². The molecule has 0 saturated heterocycles. The molecule has 90 valence electrons. The standard InChI is InChI=1S/C14H16O3/c15-11-8-16-13-7-3-6-12(14(13)17-9-11)10-4-1-2-5-10/h3,6-7,10H,1-2,4-5,8-9H2. The van der Waals surface area contributed by atoms with Gasteiger partial charge in [-0.1, -0.05) is 25.0 Å². The Hall–Kier alpha value is -1.51. The molecule has 1 aliphatic heterocycles. The first kappa shape index (κ1) is 10.6. The molecule has 3 heteroatoms. The molecule has 0 aromatic heterocycles. The first-order chi connectivity index (χ1) is 8.34. The molecule has 3 rings (SSSR count). The van der Waals surface area contributed by atoms with E-state index in [-0.39, 0.29) is 19.0 Å². The molecule has 1 heterocycles. The molecule has 0 radical (unpaired) electrons. The summed E-state index contributed by atoms with van der Waals surface area (Å²) >= 11 is 0. The van der Waals surface area contributed by atoms with Crippen molar-refractivity contribution in [1.82, 2.24) is 0 Å². The van der Waals surface area contributed by atoms with Gasteiger partial charge in [0.1, 0.15) is 0 Å². The lowest BCUT2D eigenvalue weighted by Crippen LogP contribution is -2.15. The Bertz CT molecular complexity index is 433. The predicted molar refractivity (Wildman–Crippen MR) is 63.6 cm³/mol. The van der Waals surface area contributed by atoms with E-state index in [9.17, 15) is 4.79 Å². The van der Waals surface area contributed by atoms with E-state index in [0.717, 1.165) is 11.5 Å². The highest BCUT2D eigenvalue weighted by molar-refractivity contribution is 5.82. The molecule has 0 N–H and O–H groups in total. The second-order valence-corrected chi connectivity index (χ2v) is 4.77. The molecule has 0 spiro atoms. The van der Waals surface area contributed by atoms with E-state index in [1.54, 1.807) is 0 Å². The van der Waals surface area contributed by atoms with Gasteiger partial charge in [-0.2, -0.15) is 0 Å². The number of carbonyl (C=O) groups is 1. The van der Waals surface area contributed by atoms with Crippen molar-refractivity contribution in [3.63, 3.8) is 0 Å². The largest absolute Gasteiger partial charge is 0.482 e. The molecule has 1 saturated carbocycles. The maximum absolute atomic E-state index is 11.3. The molecule has 1 aromatic carbocycles. The predicted octanol–water partition coefficient (Wildman–Crippen LogP) is 2.68. The zero-order valence-electron chi connectivity index (χ0n) is 9.78. The van der Waals surface area contributed by atoms with Crippen molar-refractivity contribution in [2.24, 2.45) is 0 Å². The molecular formula is C14H16O3. The lowest BCUT2D eigenvalue weighted by molar-refractivity contribution is -0.122. The Morgan fingerprint density at radius 2 is 1.82 bits per heavy atom. The molecule has 0 amide bonds. The molecule has 0 bridgehead atoms. The Morgan fingerprint density at radius 1 is 1.06 bits per heavy atom. The van der Waals surface area contributed by atoms with E-state index < -0.39 is 0 Å². The molecule has 0 unspecified atom stereocenters. The fourth-order valence-corrected chi connectivity index (χ4v) is 2.71. The molecule has 17 heavy (non-hydrogen) atoms. The van der Waals surface area contributed by atoms with Crippen LogP contribution in [0.1, 0.15) is 37.2 Å². The van der Waals surface area contributed by atoms with Gasteiger partial charge in [0.25, 0.3) is 0 Å². The minimum Gasteiger partial charge on any atom is -0.482 e. The lowest BCUT2D eigenvalue weighted by Gasteiger charge is -2.16. The summed E-state index contributed by atoms with van der Waals surface area (Å²) in [5.41, 5.74) is 1.22. The number of fused-ring (bicyclic) bond motifs is 1. The molecule has 0 atom stereocenters. The summed E-state index contributed by atoms with van der Waals surface area (Å²) < 4.78 is 11.1. The van der Waals surface area contributed by atoms with Crippen LogP contribution in [0.5, 0.6) is 11.5 Å². The number of ether oxygens (including phenoxy) is 2. The first-order valence-corrected chi connectivity index (χ1v) is 6.25. The highest BCUT2D eigenvalue weighted by atomic mass is 16.5. The number of hydrogen-bond acceptors (Lipinski definition) is 3. The Morgan fingerprint density at radius 3 is 2.65 bits per heavy atom. The number of benzene rings is 1. The quantitative estimate of drug-likeness (QED) is 0.746. The Labute approximate surface area is 101 Å². The highest BCUT2D eigenvalue weighted by Gasteiger charge is 2.25.